The van der Waals surface area contributed by atoms with Crippen LogP contribution in [0, 0.1) is 5.39 Å². The van der Waals surface area contributed by atoms with E-state index in [1.807, 2.05) is 44.2 Å². The van der Waals surface area contributed by atoms with Crippen LogP contribution in [-0.2, 0) is 0 Å². The van der Waals surface area contributed by atoms with Gasteiger partial charge in [0.25, 0.3) is 5.91 Å². The van der Waals surface area contributed by atoms with Crippen molar-refractivity contribution in [1.82, 2.24) is 0 Å². The minimum absolute atomic E-state index is 0.130. The third kappa shape index (κ3) is 3.58. The summed E-state index contributed by atoms with van der Waals surface area (Å²) in [4.78, 5) is 17.7. The van der Waals surface area contributed by atoms with Gasteiger partial charge in [-0.25, -0.2) is 0 Å². The summed E-state index contributed by atoms with van der Waals surface area (Å²) in [6, 6.07) is 16.1. The van der Waals surface area contributed by atoms with Gasteiger partial charge in [0.2, 0.25) is 5.39 Å². The van der Waals surface area contributed by atoms with Crippen LogP contribution in [0.4, 0.5) is 11.4 Å². The van der Waals surface area contributed by atoms with Gasteiger partial charge in [0.1, 0.15) is 5.69 Å². The Kier molecular flexibility index (Phi) is 5.05. The first-order chi connectivity index (χ1) is 10.6. The molecule has 0 bridgehead atoms. The number of carbonyl (C=O) groups excluding carboxylic acids is 1. The Labute approximate surface area is 130 Å². The van der Waals surface area contributed by atoms with Gasteiger partial charge in [-0.3, -0.25) is 9.69 Å². The summed E-state index contributed by atoms with van der Waals surface area (Å²) >= 11 is 0. The molecule has 0 radical (unpaired) electrons. The zero-order valence-corrected chi connectivity index (χ0v) is 12.7. The first kappa shape index (κ1) is 15.5. The molecular weight excluding hydrogens is 274 g/mol. The SMILES string of the molecule is CC(C)=CCN(C(=O)c1ccccc1)c1ccccc1[N+]#N. The molecule has 0 spiro atoms. The maximum Gasteiger partial charge on any atom is 0.408 e. The van der Waals surface area contributed by atoms with E-state index in [9.17, 15) is 4.79 Å². The first-order valence-corrected chi connectivity index (χ1v) is 7.08. The van der Waals surface area contributed by atoms with Gasteiger partial charge >= 0.3 is 5.69 Å². The highest BCUT2D eigenvalue weighted by Gasteiger charge is 2.24. The molecule has 0 aliphatic heterocycles. The fraction of sp³-hybridized carbons (Fsp3) is 0.167. The minimum atomic E-state index is -0.130. The molecule has 110 valence electrons. The van der Waals surface area contributed by atoms with Gasteiger partial charge in [-0.15, -0.1) is 0 Å². The van der Waals surface area contributed by atoms with Gasteiger partial charge in [0.05, 0.1) is 0 Å². The molecule has 0 aliphatic rings. The molecule has 0 saturated heterocycles. The molecule has 0 atom stereocenters. The van der Waals surface area contributed by atoms with E-state index in [2.05, 4.69) is 4.98 Å². The first-order valence-electron chi connectivity index (χ1n) is 7.08. The second kappa shape index (κ2) is 7.19. The second-order valence-corrected chi connectivity index (χ2v) is 5.15. The van der Waals surface area contributed by atoms with E-state index < -0.39 is 0 Å². The lowest BCUT2D eigenvalue weighted by atomic mass is 10.1. The molecule has 0 aromatic heterocycles. The van der Waals surface area contributed by atoms with Crippen molar-refractivity contribution in [1.29, 1.82) is 5.39 Å². The molecule has 0 saturated carbocycles. The van der Waals surface area contributed by atoms with Gasteiger partial charge in [-0.1, -0.05) is 42.0 Å². The minimum Gasteiger partial charge on any atom is -0.297 e. The number of diazo groups is 1. The molecular formula is C18H18N3O+. The lowest BCUT2D eigenvalue weighted by Crippen LogP contribution is -2.31. The number of allylic oxidation sites excluding steroid dienone is 1. The van der Waals surface area contributed by atoms with Crippen molar-refractivity contribution in [2.24, 2.45) is 0 Å². The molecule has 0 aliphatic carbocycles. The number of carbonyl (C=O) groups is 1. The number of benzene rings is 2. The van der Waals surface area contributed by atoms with Crippen molar-refractivity contribution in [2.75, 3.05) is 11.4 Å². The molecule has 0 fully saturated rings. The number of anilines is 1. The van der Waals surface area contributed by atoms with Crippen LogP contribution >= 0.6 is 0 Å². The number of nitrogens with zero attached hydrogens (tertiary/aromatic N) is 3. The predicted octanol–water partition coefficient (Wildman–Crippen LogP) is 4.78. The smallest absolute Gasteiger partial charge is 0.297 e. The summed E-state index contributed by atoms with van der Waals surface area (Å²) < 4.78 is 0. The zero-order chi connectivity index (χ0) is 15.9. The van der Waals surface area contributed by atoms with Crippen LogP contribution in [0.15, 0.2) is 66.2 Å². The van der Waals surface area contributed by atoms with Crippen LogP contribution in [0.25, 0.3) is 4.98 Å². The summed E-state index contributed by atoms with van der Waals surface area (Å²) in [6.07, 6.45) is 1.97. The van der Waals surface area contributed by atoms with Crippen LogP contribution in [0.3, 0.4) is 0 Å². The molecule has 0 N–H and O–H groups in total. The van der Waals surface area contributed by atoms with E-state index in [1.165, 1.54) is 0 Å². The molecule has 0 heterocycles. The average Bonchev–Trinajstić information content (AvgIpc) is 2.55. The summed E-state index contributed by atoms with van der Waals surface area (Å²) in [5.41, 5.74) is 2.66. The molecule has 22 heavy (non-hydrogen) atoms. The lowest BCUT2D eigenvalue weighted by molar-refractivity contribution is 0.0990. The average molecular weight is 292 g/mol. The van der Waals surface area contributed by atoms with Gasteiger partial charge in [0, 0.05) is 18.2 Å². The van der Waals surface area contributed by atoms with Crippen molar-refractivity contribution in [3.63, 3.8) is 0 Å². The third-order valence-electron chi connectivity index (χ3n) is 3.23. The van der Waals surface area contributed by atoms with Crippen LogP contribution in [-0.4, -0.2) is 12.5 Å². The third-order valence-corrected chi connectivity index (χ3v) is 3.23. The standard InChI is InChI=1S/C18H18N3O/c1-14(2)12-13-21(17-11-7-6-10-16(17)20-19)18(22)15-8-4-3-5-9-15/h3-12H,13H2,1-2H3/q+1. The maximum absolute atomic E-state index is 12.8. The van der Waals surface area contributed by atoms with E-state index in [0.29, 0.717) is 23.5 Å². The normalized spacial score (nSPS) is 9.68. The Balaban J connectivity index is 2.45. The van der Waals surface area contributed by atoms with Crippen molar-refractivity contribution >= 4 is 17.3 Å². The highest BCUT2D eigenvalue weighted by atomic mass is 16.2. The van der Waals surface area contributed by atoms with E-state index in [1.54, 1.807) is 35.2 Å². The van der Waals surface area contributed by atoms with Crippen LogP contribution in [0.2, 0.25) is 0 Å². The molecule has 2 aromatic rings. The summed E-state index contributed by atoms with van der Waals surface area (Å²) in [7, 11) is 0. The highest BCUT2D eigenvalue weighted by molar-refractivity contribution is 6.07. The monoisotopic (exact) mass is 292 g/mol. The van der Waals surface area contributed by atoms with Crippen LogP contribution < -0.4 is 4.90 Å². The fourth-order valence-electron chi connectivity index (χ4n) is 2.08. The van der Waals surface area contributed by atoms with Gasteiger partial charge in [-0.05, 0) is 32.0 Å². The zero-order valence-electron chi connectivity index (χ0n) is 12.7. The molecule has 1 amide bonds. The van der Waals surface area contributed by atoms with E-state index in [0.717, 1.165) is 5.57 Å². The topological polar surface area (TPSA) is 48.5 Å². The number of rotatable bonds is 4. The van der Waals surface area contributed by atoms with E-state index >= 15 is 0 Å². The molecule has 4 heteroatoms. The van der Waals surface area contributed by atoms with E-state index in [-0.39, 0.29) is 5.91 Å². The lowest BCUT2D eigenvalue weighted by Gasteiger charge is -2.20. The Morgan fingerprint density at radius 2 is 1.73 bits per heavy atom. The van der Waals surface area contributed by atoms with Crippen molar-refractivity contribution in [3.05, 3.63) is 76.8 Å². The quantitative estimate of drug-likeness (QED) is 0.601. The van der Waals surface area contributed by atoms with Crippen molar-refractivity contribution in [2.45, 2.75) is 13.8 Å². The predicted molar refractivity (Wildman–Crippen MR) is 88.7 cm³/mol. The van der Waals surface area contributed by atoms with Crippen LogP contribution in [0.5, 0.6) is 0 Å². The summed E-state index contributed by atoms with van der Waals surface area (Å²) in [5, 5.41) is 9.17. The van der Waals surface area contributed by atoms with Crippen molar-refractivity contribution < 1.29 is 4.79 Å². The van der Waals surface area contributed by atoms with Gasteiger partial charge in [-0.2, -0.15) is 0 Å². The summed E-state index contributed by atoms with van der Waals surface area (Å²) in [5.74, 6) is -0.130. The number of hydrogen-bond acceptors (Lipinski definition) is 2. The largest absolute Gasteiger partial charge is 0.408 e. The Morgan fingerprint density at radius 3 is 2.36 bits per heavy atom. The Morgan fingerprint density at radius 1 is 1.09 bits per heavy atom. The Hall–Kier alpha value is -2.93. The molecule has 0 unspecified atom stereocenters. The fourth-order valence-corrected chi connectivity index (χ4v) is 2.08. The van der Waals surface area contributed by atoms with Crippen LogP contribution in [0.1, 0.15) is 24.2 Å². The number of amides is 1. The molecule has 2 rings (SSSR count). The van der Waals surface area contributed by atoms with Crippen molar-refractivity contribution in [3.8, 4) is 0 Å². The maximum atomic E-state index is 12.8. The second-order valence-electron chi connectivity index (χ2n) is 5.15. The molecule has 2 aromatic carbocycles. The van der Waals surface area contributed by atoms with E-state index in [4.69, 9.17) is 5.39 Å². The number of hydrogen-bond donors (Lipinski definition) is 0. The summed E-state index contributed by atoms with van der Waals surface area (Å²) in [6.45, 7) is 4.38. The highest BCUT2D eigenvalue weighted by Crippen LogP contribution is 2.29. The van der Waals surface area contributed by atoms with Gasteiger partial charge < -0.3 is 0 Å². The Bertz CT molecular complexity index is 725. The number of para-hydroxylation sites is 1. The van der Waals surface area contributed by atoms with Gasteiger partial charge in [0.15, 0.2) is 4.98 Å². The molecule has 4 nitrogen and oxygen atoms in total.